The van der Waals surface area contributed by atoms with E-state index in [0.29, 0.717) is 11.8 Å². The Hall–Kier alpha value is -3.30. The van der Waals surface area contributed by atoms with Gasteiger partial charge in [-0.25, -0.2) is 0 Å². The van der Waals surface area contributed by atoms with Crippen LogP contribution in [0.3, 0.4) is 0 Å². The minimum atomic E-state index is -2.01. The lowest BCUT2D eigenvalue weighted by molar-refractivity contribution is 0.374. The number of nitrogens with zero attached hydrogens (tertiary/aromatic N) is 2. The van der Waals surface area contributed by atoms with Crippen LogP contribution in [-0.2, 0) is 13.1 Å². The van der Waals surface area contributed by atoms with Crippen molar-refractivity contribution in [1.82, 2.24) is 0 Å². The molecule has 4 aromatic carbocycles. The summed E-state index contributed by atoms with van der Waals surface area (Å²) in [5.41, 5.74) is 8.81. The molecule has 2 unspecified atom stereocenters. The molecular weight excluding hydrogens is 537 g/mol. The van der Waals surface area contributed by atoms with E-state index in [0.717, 1.165) is 13.1 Å². The number of fused-ring (bicyclic) bond motifs is 2. The summed E-state index contributed by atoms with van der Waals surface area (Å²) in [5, 5.41) is 3.04. The van der Waals surface area contributed by atoms with Gasteiger partial charge in [-0.2, -0.15) is 0 Å². The minimum absolute atomic E-state index is 0.0953. The van der Waals surface area contributed by atoms with Gasteiger partial charge in [-0.3, -0.25) is 0 Å². The van der Waals surface area contributed by atoms with E-state index in [1.165, 1.54) is 56.8 Å². The Bertz CT molecular complexity index is 1470. The van der Waals surface area contributed by atoms with Crippen molar-refractivity contribution in [2.75, 3.05) is 9.80 Å². The van der Waals surface area contributed by atoms with Crippen LogP contribution < -0.4 is 20.2 Å². The molecule has 0 fully saturated rings. The van der Waals surface area contributed by atoms with Gasteiger partial charge >= 0.3 is 0 Å². The van der Waals surface area contributed by atoms with Crippen LogP contribution in [0.25, 0.3) is 0 Å². The molecule has 0 bridgehead atoms. The zero-order valence-corrected chi connectivity index (χ0v) is 28.6. The summed E-state index contributed by atoms with van der Waals surface area (Å²) in [4.78, 5) is 5.37. The summed E-state index contributed by atoms with van der Waals surface area (Å²) in [6, 6.07) is 37.0. The lowest BCUT2D eigenvalue weighted by Crippen LogP contribution is -2.55. The third kappa shape index (κ3) is 5.57. The maximum absolute atomic E-state index is 2.68. The average molecular weight is 587 g/mol. The predicted molar refractivity (Wildman–Crippen MR) is 189 cm³/mol. The lowest BCUT2D eigenvalue weighted by atomic mass is 9.80. The molecular formula is C40H50N2Si. The van der Waals surface area contributed by atoms with E-state index < -0.39 is 8.07 Å². The molecule has 2 nitrogen and oxygen atoms in total. The van der Waals surface area contributed by atoms with E-state index in [-0.39, 0.29) is 11.1 Å². The average Bonchev–Trinajstić information content (AvgIpc) is 2.97. The predicted octanol–water partition coefficient (Wildman–Crippen LogP) is 9.09. The van der Waals surface area contributed by atoms with Crippen molar-refractivity contribution in [3.05, 3.63) is 119 Å². The summed E-state index contributed by atoms with van der Waals surface area (Å²) in [7, 11) is -2.01. The van der Waals surface area contributed by atoms with Gasteiger partial charge < -0.3 is 9.80 Å². The van der Waals surface area contributed by atoms with Crippen molar-refractivity contribution in [1.29, 1.82) is 0 Å². The molecule has 0 aromatic heterocycles. The van der Waals surface area contributed by atoms with Crippen molar-refractivity contribution in [2.45, 2.75) is 103 Å². The zero-order valence-electron chi connectivity index (χ0n) is 27.6. The Morgan fingerprint density at radius 3 is 1.33 bits per heavy atom. The molecule has 0 aliphatic carbocycles. The normalized spacial score (nSPS) is 20.8. The van der Waals surface area contributed by atoms with Crippen LogP contribution in [0.15, 0.2) is 97.1 Å². The molecule has 4 aromatic rings. The fraction of sp³-hybridized carbons (Fsp3) is 0.400. The molecule has 2 atom stereocenters. The SMILES string of the molecule is CC1CC(C)(C)N(Cc2ccccc2)c2cc([Si](C)(C)c3ccc4c(c3)N(Cc3ccccc3)C(C)(C)CC4C)ccc21. The Morgan fingerprint density at radius 1 is 0.581 bits per heavy atom. The molecule has 0 radical (unpaired) electrons. The van der Waals surface area contributed by atoms with Gasteiger partial charge in [0.1, 0.15) is 8.07 Å². The molecule has 43 heavy (non-hydrogen) atoms. The van der Waals surface area contributed by atoms with Gasteiger partial charge in [0.2, 0.25) is 0 Å². The van der Waals surface area contributed by atoms with Crippen molar-refractivity contribution in [3.8, 4) is 0 Å². The smallest absolute Gasteiger partial charge is 0.112 e. The number of benzene rings is 4. The molecule has 0 N–H and O–H groups in total. The standard InChI is InChI=1S/C40H50N2Si/c1-29-25-39(3,4)41(27-31-15-11-9-12-16-31)37-23-33(19-21-35(29)37)43(7,8)34-20-22-36-30(2)26-40(5,6)42(38(36)24-34)28-32-17-13-10-14-18-32/h9-24,29-30H,25-28H2,1-8H3. The second-order valence-electron chi connectivity index (χ2n) is 15.2. The number of anilines is 2. The molecule has 0 saturated heterocycles. The topological polar surface area (TPSA) is 6.48 Å². The highest BCUT2D eigenvalue weighted by Gasteiger charge is 2.40. The van der Waals surface area contributed by atoms with E-state index in [4.69, 9.17) is 0 Å². The van der Waals surface area contributed by atoms with Crippen LogP contribution in [0.1, 0.15) is 88.5 Å². The Labute approximate surface area is 261 Å². The van der Waals surface area contributed by atoms with E-state index in [1.54, 1.807) is 0 Å². The quantitative estimate of drug-likeness (QED) is 0.208. The van der Waals surface area contributed by atoms with Gasteiger partial charge in [0.05, 0.1) is 0 Å². The van der Waals surface area contributed by atoms with Crippen molar-refractivity contribution in [2.24, 2.45) is 0 Å². The lowest BCUT2D eigenvalue weighted by Gasteiger charge is -2.48. The van der Waals surface area contributed by atoms with E-state index in [1.807, 2.05) is 0 Å². The third-order valence-corrected chi connectivity index (χ3v) is 14.1. The van der Waals surface area contributed by atoms with E-state index in [2.05, 4.69) is 161 Å². The van der Waals surface area contributed by atoms with Crippen LogP contribution in [0, 0.1) is 0 Å². The Kier molecular flexibility index (Phi) is 7.61. The molecule has 2 aliphatic heterocycles. The van der Waals surface area contributed by atoms with Crippen molar-refractivity contribution in [3.63, 3.8) is 0 Å². The summed E-state index contributed by atoms with van der Waals surface area (Å²) >= 11 is 0. The van der Waals surface area contributed by atoms with Gasteiger partial charge in [-0.15, -0.1) is 0 Å². The molecule has 2 aliphatic rings. The molecule has 224 valence electrons. The van der Waals surface area contributed by atoms with E-state index >= 15 is 0 Å². The maximum atomic E-state index is 2.68. The van der Waals surface area contributed by atoms with Crippen molar-refractivity contribution >= 4 is 29.8 Å². The molecule has 2 heterocycles. The van der Waals surface area contributed by atoms with Gasteiger partial charge in [0, 0.05) is 35.5 Å². The second-order valence-corrected chi connectivity index (χ2v) is 19.6. The fourth-order valence-corrected chi connectivity index (χ4v) is 10.4. The Morgan fingerprint density at radius 2 is 0.953 bits per heavy atom. The number of hydrogen-bond acceptors (Lipinski definition) is 2. The fourth-order valence-electron chi connectivity index (χ4n) is 8.05. The first-order valence-electron chi connectivity index (χ1n) is 16.3. The van der Waals surface area contributed by atoms with Gasteiger partial charge in [0.15, 0.2) is 0 Å². The molecule has 0 amide bonds. The zero-order chi connectivity index (χ0) is 30.6. The molecule has 0 spiro atoms. The van der Waals surface area contributed by atoms with Gasteiger partial charge in [0.25, 0.3) is 0 Å². The maximum Gasteiger partial charge on any atom is 0.112 e. The summed E-state index contributed by atoms with van der Waals surface area (Å²) in [6.07, 6.45) is 2.34. The van der Waals surface area contributed by atoms with Gasteiger partial charge in [-0.05, 0) is 86.8 Å². The highest BCUT2D eigenvalue weighted by Crippen LogP contribution is 2.45. The van der Waals surface area contributed by atoms with Crippen LogP contribution >= 0.6 is 0 Å². The molecule has 3 heteroatoms. The number of rotatable bonds is 6. The first-order valence-corrected chi connectivity index (χ1v) is 19.3. The van der Waals surface area contributed by atoms with Crippen molar-refractivity contribution < 1.29 is 0 Å². The highest BCUT2D eigenvalue weighted by molar-refractivity contribution is 7.00. The van der Waals surface area contributed by atoms with Crippen LogP contribution in [0.4, 0.5) is 11.4 Å². The summed E-state index contributed by atoms with van der Waals surface area (Å²) in [6.45, 7) is 21.5. The Balaban J connectivity index is 1.41. The first kappa shape index (κ1) is 29.8. The van der Waals surface area contributed by atoms with E-state index in [9.17, 15) is 0 Å². The largest absolute Gasteiger partial charge is 0.362 e. The monoisotopic (exact) mass is 586 g/mol. The highest BCUT2D eigenvalue weighted by atomic mass is 28.3. The minimum Gasteiger partial charge on any atom is -0.362 e. The number of hydrogen-bond donors (Lipinski definition) is 0. The molecule has 0 saturated carbocycles. The van der Waals surface area contributed by atoms with Crippen LogP contribution in [0.2, 0.25) is 13.1 Å². The first-order chi connectivity index (χ1) is 20.4. The molecule has 6 rings (SSSR count). The summed E-state index contributed by atoms with van der Waals surface area (Å²) < 4.78 is 0. The van der Waals surface area contributed by atoms with Gasteiger partial charge in [-0.1, -0.05) is 122 Å². The second kappa shape index (κ2) is 11.0. The third-order valence-electron chi connectivity index (χ3n) is 10.6. The summed E-state index contributed by atoms with van der Waals surface area (Å²) in [5.74, 6) is 1.10. The van der Waals surface area contributed by atoms with Crippen LogP contribution in [-0.4, -0.2) is 19.2 Å². The van der Waals surface area contributed by atoms with Crippen LogP contribution in [0.5, 0.6) is 0 Å².